The third kappa shape index (κ3) is 4.49. The minimum absolute atomic E-state index is 0.214. The molecule has 15 heavy (non-hydrogen) atoms. The van der Waals surface area contributed by atoms with Crippen LogP contribution in [0, 0.1) is 0 Å². The Kier molecular flexibility index (Phi) is 5.58. The van der Waals surface area contributed by atoms with E-state index in [0.29, 0.717) is 0 Å². The number of likely N-dealkylation sites (N-methyl/N-ethyl adjacent to an activating group) is 1. The van der Waals surface area contributed by atoms with Gasteiger partial charge in [-0.25, -0.2) is 0 Å². The van der Waals surface area contributed by atoms with Gasteiger partial charge >= 0.3 is 0 Å². The molecule has 1 fully saturated rings. The van der Waals surface area contributed by atoms with Gasteiger partial charge in [0.25, 0.3) is 0 Å². The first-order valence-corrected chi connectivity index (χ1v) is 6.25. The lowest BCUT2D eigenvalue weighted by Gasteiger charge is -2.35. The largest absolute Gasteiger partial charge is 0.380 e. The minimum Gasteiger partial charge on any atom is -0.380 e. The summed E-state index contributed by atoms with van der Waals surface area (Å²) in [5, 5.41) is 3.63. The van der Waals surface area contributed by atoms with Gasteiger partial charge in [0.2, 0.25) is 0 Å². The molecule has 0 aromatic rings. The molecule has 3 nitrogen and oxygen atoms in total. The van der Waals surface area contributed by atoms with Gasteiger partial charge in [0.1, 0.15) is 0 Å². The summed E-state index contributed by atoms with van der Waals surface area (Å²) in [6.45, 7) is 13.0. The van der Waals surface area contributed by atoms with Gasteiger partial charge in [0.05, 0.1) is 6.61 Å². The van der Waals surface area contributed by atoms with Gasteiger partial charge in [0.15, 0.2) is 0 Å². The van der Waals surface area contributed by atoms with Gasteiger partial charge in [-0.15, -0.1) is 0 Å². The first-order valence-electron chi connectivity index (χ1n) is 6.25. The Morgan fingerprint density at radius 3 is 2.60 bits per heavy atom. The van der Waals surface area contributed by atoms with Crippen molar-refractivity contribution >= 4 is 0 Å². The normalized spacial score (nSPS) is 27.2. The summed E-state index contributed by atoms with van der Waals surface area (Å²) in [6.07, 6.45) is 2.43. The molecule has 1 atom stereocenters. The van der Waals surface area contributed by atoms with Crippen LogP contribution in [0.25, 0.3) is 0 Å². The number of rotatable bonds is 6. The Bertz CT molecular complexity index is 163. The Hall–Kier alpha value is -0.120. The summed E-state index contributed by atoms with van der Waals surface area (Å²) < 4.78 is 5.52. The van der Waals surface area contributed by atoms with Crippen LogP contribution < -0.4 is 5.32 Å². The fourth-order valence-corrected chi connectivity index (χ4v) is 2.13. The lowest BCUT2D eigenvalue weighted by molar-refractivity contribution is 0.0277. The van der Waals surface area contributed by atoms with E-state index in [1.165, 1.54) is 12.8 Å². The predicted octanol–water partition coefficient (Wildman–Crippen LogP) is 1.49. The quantitative estimate of drug-likeness (QED) is 0.725. The van der Waals surface area contributed by atoms with E-state index in [-0.39, 0.29) is 5.54 Å². The van der Waals surface area contributed by atoms with Crippen molar-refractivity contribution in [1.82, 2.24) is 10.2 Å². The standard InChI is InChI=1S/C12H26N2O/c1-4-14(5-2)9-8-13-12(3)7-6-10-15-11-12/h13H,4-11H2,1-3H3. The Morgan fingerprint density at radius 2 is 2.07 bits per heavy atom. The molecule has 0 radical (unpaired) electrons. The van der Waals surface area contributed by atoms with Gasteiger partial charge in [-0.05, 0) is 32.9 Å². The molecule has 0 amide bonds. The number of hydrogen-bond donors (Lipinski definition) is 1. The SMILES string of the molecule is CCN(CC)CCNC1(C)CCCOC1. The maximum absolute atomic E-state index is 5.52. The van der Waals surface area contributed by atoms with Crippen LogP contribution in [0.4, 0.5) is 0 Å². The average molecular weight is 214 g/mol. The van der Waals surface area contributed by atoms with Crippen molar-refractivity contribution in [3.05, 3.63) is 0 Å². The van der Waals surface area contributed by atoms with Crippen molar-refractivity contribution in [3.8, 4) is 0 Å². The lowest BCUT2D eigenvalue weighted by atomic mass is 9.95. The van der Waals surface area contributed by atoms with E-state index in [1.807, 2.05) is 0 Å². The molecule has 90 valence electrons. The molecule has 1 saturated heterocycles. The summed E-state index contributed by atoms with van der Waals surface area (Å²) in [5.74, 6) is 0. The van der Waals surface area contributed by atoms with Crippen LogP contribution in [-0.2, 0) is 4.74 Å². The molecule has 1 N–H and O–H groups in total. The van der Waals surface area contributed by atoms with Gasteiger partial charge in [-0.2, -0.15) is 0 Å². The first-order chi connectivity index (χ1) is 7.20. The summed E-state index contributed by atoms with van der Waals surface area (Å²) in [5.41, 5.74) is 0.214. The average Bonchev–Trinajstić information content (AvgIpc) is 2.25. The molecular formula is C12H26N2O. The Morgan fingerprint density at radius 1 is 1.33 bits per heavy atom. The Balaban J connectivity index is 2.17. The van der Waals surface area contributed by atoms with Crippen LogP contribution in [0.5, 0.6) is 0 Å². The highest BCUT2D eigenvalue weighted by atomic mass is 16.5. The van der Waals surface area contributed by atoms with E-state index in [0.717, 1.165) is 39.4 Å². The van der Waals surface area contributed by atoms with Crippen molar-refractivity contribution in [2.75, 3.05) is 39.4 Å². The zero-order valence-electron chi connectivity index (χ0n) is 10.5. The number of hydrogen-bond acceptors (Lipinski definition) is 3. The smallest absolute Gasteiger partial charge is 0.0645 e. The molecule has 1 aliphatic rings. The highest BCUT2D eigenvalue weighted by molar-refractivity contribution is 4.85. The highest BCUT2D eigenvalue weighted by Gasteiger charge is 2.26. The molecule has 1 rings (SSSR count). The second-order valence-corrected chi connectivity index (χ2v) is 4.67. The van der Waals surface area contributed by atoms with Gasteiger partial charge < -0.3 is 15.0 Å². The van der Waals surface area contributed by atoms with Crippen molar-refractivity contribution in [3.63, 3.8) is 0 Å². The van der Waals surface area contributed by atoms with Crippen molar-refractivity contribution in [1.29, 1.82) is 0 Å². The maximum Gasteiger partial charge on any atom is 0.0645 e. The van der Waals surface area contributed by atoms with E-state index >= 15 is 0 Å². The predicted molar refractivity (Wildman–Crippen MR) is 64.2 cm³/mol. The molecule has 0 saturated carbocycles. The van der Waals surface area contributed by atoms with Crippen LogP contribution in [0.15, 0.2) is 0 Å². The van der Waals surface area contributed by atoms with E-state index in [4.69, 9.17) is 4.74 Å². The third-order valence-corrected chi connectivity index (χ3v) is 3.31. The molecular weight excluding hydrogens is 188 g/mol. The van der Waals surface area contributed by atoms with Crippen LogP contribution >= 0.6 is 0 Å². The summed E-state index contributed by atoms with van der Waals surface area (Å²) in [6, 6.07) is 0. The fourth-order valence-electron chi connectivity index (χ4n) is 2.13. The number of nitrogens with zero attached hydrogens (tertiary/aromatic N) is 1. The molecule has 1 heterocycles. The van der Waals surface area contributed by atoms with Crippen molar-refractivity contribution < 1.29 is 4.74 Å². The first kappa shape index (κ1) is 12.9. The lowest BCUT2D eigenvalue weighted by Crippen LogP contribution is -2.51. The molecule has 0 aliphatic carbocycles. The van der Waals surface area contributed by atoms with Gasteiger partial charge in [0, 0.05) is 25.2 Å². The zero-order chi connectivity index (χ0) is 11.1. The van der Waals surface area contributed by atoms with Crippen LogP contribution in [0.1, 0.15) is 33.6 Å². The summed E-state index contributed by atoms with van der Waals surface area (Å²) in [4.78, 5) is 2.44. The minimum atomic E-state index is 0.214. The molecule has 0 aromatic heterocycles. The monoisotopic (exact) mass is 214 g/mol. The number of ether oxygens (including phenoxy) is 1. The molecule has 1 aliphatic heterocycles. The highest BCUT2D eigenvalue weighted by Crippen LogP contribution is 2.17. The van der Waals surface area contributed by atoms with Crippen molar-refractivity contribution in [2.24, 2.45) is 0 Å². The van der Waals surface area contributed by atoms with Crippen LogP contribution in [0.2, 0.25) is 0 Å². The van der Waals surface area contributed by atoms with Crippen LogP contribution in [0.3, 0.4) is 0 Å². The second kappa shape index (κ2) is 6.46. The third-order valence-electron chi connectivity index (χ3n) is 3.31. The van der Waals surface area contributed by atoms with E-state index in [1.54, 1.807) is 0 Å². The molecule has 0 bridgehead atoms. The summed E-state index contributed by atoms with van der Waals surface area (Å²) >= 11 is 0. The fraction of sp³-hybridized carbons (Fsp3) is 1.00. The topological polar surface area (TPSA) is 24.5 Å². The van der Waals surface area contributed by atoms with Crippen LogP contribution in [-0.4, -0.2) is 49.8 Å². The molecule has 3 heteroatoms. The number of nitrogens with one attached hydrogen (secondary N) is 1. The van der Waals surface area contributed by atoms with E-state index in [2.05, 4.69) is 31.0 Å². The van der Waals surface area contributed by atoms with Gasteiger partial charge in [-0.1, -0.05) is 13.8 Å². The molecule has 0 aromatic carbocycles. The van der Waals surface area contributed by atoms with E-state index in [9.17, 15) is 0 Å². The van der Waals surface area contributed by atoms with Gasteiger partial charge in [-0.3, -0.25) is 0 Å². The van der Waals surface area contributed by atoms with E-state index < -0.39 is 0 Å². The second-order valence-electron chi connectivity index (χ2n) is 4.67. The molecule has 0 spiro atoms. The van der Waals surface area contributed by atoms with Crippen molar-refractivity contribution in [2.45, 2.75) is 39.2 Å². The zero-order valence-corrected chi connectivity index (χ0v) is 10.5. The summed E-state index contributed by atoms with van der Waals surface area (Å²) in [7, 11) is 0. The molecule has 1 unspecified atom stereocenters. The maximum atomic E-state index is 5.52. The Labute approximate surface area is 94.2 Å².